The zero-order chi connectivity index (χ0) is 14.4. The van der Waals surface area contributed by atoms with Crippen LogP contribution in [0.3, 0.4) is 0 Å². The maximum absolute atomic E-state index is 9.08. The third-order valence-corrected chi connectivity index (χ3v) is 3.47. The highest BCUT2D eigenvalue weighted by Gasteiger charge is 2.19. The van der Waals surface area contributed by atoms with Crippen LogP contribution < -0.4 is 10.1 Å². The van der Waals surface area contributed by atoms with Crippen molar-refractivity contribution in [1.29, 1.82) is 0 Å². The van der Waals surface area contributed by atoms with E-state index in [2.05, 4.69) is 5.32 Å². The number of hydrogen-bond donors (Lipinski definition) is 2. The summed E-state index contributed by atoms with van der Waals surface area (Å²) < 4.78 is 5.42. The topological polar surface area (TPSA) is 41.5 Å². The summed E-state index contributed by atoms with van der Waals surface area (Å²) in [4.78, 5) is 0. The molecular weight excluding hydrogens is 274 g/mol. The molecule has 4 heteroatoms. The summed E-state index contributed by atoms with van der Waals surface area (Å²) in [5, 5.41) is 13.1. The summed E-state index contributed by atoms with van der Waals surface area (Å²) >= 11 is 6.30. The van der Waals surface area contributed by atoms with E-state index >= 15 is 0 Å². The van der Waals surface area contributed by atoms with Crippen molar-refractivity contribution >= 4 is 11.6 Å². The smallest absolute Gasteiger partial charge is 0.123 e. The molecule has 106 valence electrons. The number of nitrogens with one attached hydrogen (secondary N) is 1. The molecule has 2 aromatic rings. The molecule has 2 rings (SSSR count). The normalized spacial score (nSPS) is 12.2. The Kier molecular flexibility index (Phi) is 5.41. The van der Waals surface area contributed by atoms with Crippen molar-refractivity contribution in [2.24, 2.45) is 0 Å². The maximum Gasteiger partial charge on any atom is 0.123 e. The van der Waals surface area contributed by atoms with E-state index in [0.29, 0.717) is 11.6 Å². The van der Waals surface area contributed by atoms with E-state index in [9.17, 15) is 0 Å². The van der Waals surface area contributed by atoms with Gasteiger partial charge < -0.3 is 15.2 Å². The first-order valence-corrected chi connectivity index (χ1v) is 6.87. The lowest BCUT2D eigenvalue weighted by Gasteiger charge is -2.22. The Labute approximate surface area is 124 Å². The summed E-state index contributed by atoms with van der Waals surface area (Å²) in [5.74, 6) is 0.794. The summed E-state index contributed by atoms with van der Waals surface area (Å²) in [6, 6.07) is 15.4. The van der Waals surface area contributed by atoms with Gasteiger partial charge in [0, 0.05) is 17.1 Å². The Hall–Kier alpha value is -1.55. The minimum absolute atomic E-state index is 0.0656. The highest BCUT2D eigenvalue weighted by Crippen LogP contribution is 2.33. The molecule has 1 atom stereocenters. The van der Waals surface area contributed by atoms with Crippen LogP contribution in [0.2, 0.25) is 5.02 Å². The molecule has 20 heavy (non-hydrogen) atoms. The van der Waals surface area contributed by atoms with Gasteiger partial charge >= 0.3 is 0 Å². The number of aliphatic hydroxyl groups is 1. The third kappa shape index (κ3) is 3.31. The second kappa shape index (κ2) is 7.29. The molecular formula is C16H18ClNO2. The second-order valence-electron chi connectivity index (χ2n) is 4.37. The molecule has 0 saturated heterocycles. The summed E-state index contributed by atoms with van der Waals surface area (Å²) in [5.41, 5.74) is 1.96. The van der Waals surface area contributed by atoms with Crippen molar-refractivity contribution < 1.29 is 9.84 Å². The molecule has 0 saturated carbocycles. The first-order chi connectivity index (χ1) is 9.77. The molecule has 0 heterocycles. The first kappa shape index (κ1) is 14.9. The molecule has 0 aliphatic heterocycles. The lowest BCUT2D eigenvalue weighted by molar-refractivity contribution is 0.287. The number of ether oxygens (including phenoxy) is 1. The molecule has 0 aliphatic rings. The minimum Gasteiger partial charge on any atom is -0.496 e. The van der Waals surface area contributed by atoms with E-state index < -0.39 is 0 Å². The van der Waals surface area contributed by atoms with Crippen molar-refractivity contribution in [1.82, 2.24) is 5.32 Å². The van der Waals surface area contributed by atoms with Crippen LogP contribution in [0.15, 0.2) is 48.5 Å². The van der Waals surface area contributed by atoms with Crippen molar-refractivity contribution in [2.75, 3.05) is 20.3 Å². The van der Waals surface area contributed by atoms with Crippen molar-refractivity contribution in [2.45, 2.75) is 6.04 Å². The monoisotopic (exact) mass is 291 g/mol. The zero-order valence-electron chi connectivity index (χ0n) is 11.3. The lowest BCUT2D eigenvalue weighted by Crippen LogP contribution is -2.26. The molecule has 0 amide bonds. The Morgan fingerprint density at radius 1 is 1.10 bits per heavy atom. The molecule has 0 aromatic heterocycles. The largest absolute Gasteiger partial charge is 0.496 e. The number of benzene rings is 2. The third-order valence-electron chi connectivity index (χ3n) is 3.13. The van der Waals surface area contributed by atoms with E-state index in [1.54, 1.807) is 7.11 Å². The van der Waals surface area contributed by atoms with Crippen LogP contribution in [0.1, 0.15) is 17.2 Å². The van der Waals surface area contributed by atoms with Gasteiger partial charge in [0.1, 0.15) is 5.75 Å². The van der Waals surface area contributed by atoms with E-state index in [0.717, 1.165) is 16.9 Å². The fourth-order valence-corrected chi connectivity index (χ4v) is 2.46. The molecule has 3 nitrogen and oxygen atoms in total. The second-order valence-corrected chi connectivity index (χ2v) is 4.78. The first-order valence-electron chi connectivity index (χ1n) is 6.49. The van der Waals surface area contributed by atoms with Gasteiger partial charge in [0.25, 0.3) is 0 Å². The zero-order valence-corrected chi connectivity index (χ0v) is 12.1. The molecule has 1 unspecified atom stereocenters. The van der Waals surface area contributed by atoms with Gasteiger partial charge in [-0.15, -0.1) is 0 Å². The van der Waals surface area contributed by atoms with E-state index in [-0.39, 0.29) is 12.6 Å². The number of aliphatic hydroxyl groups excluding tert-OH is 1. The van der Waals surface area contributed by atoms with Gasteiger partial charge in [0.05, 0.1) is 19.8 Å². The lowest BCUT2D eigenvalue weighted by atomic mass is 9.97. The summed E-state index contributed by atoms with van der Waals surface area (Å²) in [7, 11) is 1.65. The summed E-state index contributed by atoms with van der Waals surface area (Å²) in [6.07, 6.45) is 0. The van der Waals surface area contributed by atoms with Gasteiger partial charge in [-0.25, -0.2) is 0 Å². The van der Waals surface area contributed by atoms with Crippen molar-refractivity contribution in [3.8, 4) is 5.75 Å². The standard InChI is InChI=1S/C16H18ClNO2/c1-20-15-9-5-3-7-13(15)16(18-10-11-19)12-6-2-4-8-14(12)17/h2-9,16,18-19H,10-11H2,1H3. The van der Waals surface area contributed by atoms with Gasteiger partial charge in [-0.1, -0.05) is 48.0 Å². The summed E-state index contributed by atoms with van der Waals surface area (Å²) in [6.45, 7) is 0.546. The predicted octanol–water partition coefficient (Wildman–Crippen LogP) is 3.02. The molecule has 0 fully saturated rings. The van der Waals surface area contributed by atoms with Gasteiger partial charge in [0.15, 0.2) is 0 Å². The maximum atomic E-state index is 9.08. The number of methoxy groups -OCH3 is 1. The van der Waals surface area contributed by atoms with Crippen LogP contribution in [0, 0.1) is 0 Å². The Balaban J connectivity index is 2.44. The van der Waals surface area contributed by atoms with E-state index in [4.69, 9.17) is 21.4 Å². The minimum atomic E-state index is -0.119. The van der Waals surface area contributed by atoms with Crippen LogP contribution >= 0.6 is 11.6 Å². The highest BCUT2D eigenvalue weighted by molar-refractivity contribution is 6.31. The Morgan fingerprint density at radius 3 is 2.40 bits per heavy atom. The van der Waals surface area contributed by atoms with Crippen molar-refractivity contribution in [3.63, 3.8) is 0 Å². The molecule has 2 N–H and O–H groups in total. The average molecular weight is 292 g/mol. The van der Waals surface area contributed by atoms with Crippen LogP contribution in [-0.2, 0) is 0 Å². The predicted molar refractivity (Wildman–Crippen MR) is 81.4 cm³/mol. The molecule has 0 bridgehead atoms. The van der Waals surface area contributed by atoms with Crippen molar-refractivity contribution in [3.05, 3.63) is 64.7 Å². The van der Waals surface area contributed by atoms with Gasteiger partial charge in [-0.2, -0.15) is 0 Å². The Morgan fingerprint density at radius 2 is 1.75 bits per heavy atom. The van der Waals surface area contributed by atoms with Crippen LogP contribution in [0.25, 0.3) is 0 Å². The number of halogens is 1. The van der Waals surface area contributed by atoms with Gasteiger partial charge in [-0.05, 0) is 17.7 Å². The van der Waals surface area contributed by atoms with Crippen LogP contribution in [0.4, 0.5) is 0 Å². The SMILES string of the molecule is COc1ccccc1C(NCCO)c1ccccc1Cl. The molecule has 0 spiro atoms. The number of hydrogen-bond acceptors (Lipinski definition) is 3. The average Bonchev–Trinajstić information content (AvgIpc) is 2.49. The van der Waals surface area contributed by atoms with Crippen LogP contribution in [0.5, 0.6) is 5.75 Å². The number of para-hydroxylation sites is 1. The van der Waals surface area contributed by atoms with E-state index in [1.165, 1.54) is 0 Å². The van der Waals surface area contributed by atoms with Gasteiger partial charge in [-0.3, -0.25) is 0 Å². The molecule has 0 aliphatic carbocycles. The molecule has 0 radical (unpaired) electrons. The van der Waals surface area contributed by atoms with E-state index in [1.807, 2.05) is 48.5 Å². The molecule has 2 aromatic carbocycles. The van der Waals surface area contributed by atoms with Crippen LogP contribution in [-0.4, -0.2) is 25.4 Å². The number of rotatable bonds is 6. The van der Waals surface area contributed by atoms with Gasteiger partial charge in [0.2, 0.25) is 0 Å². The highest BCUT2D eigenvalue weighted by atomic mass is 35.5. The Bertz CT molecular complexity index is 560. The fraction of sp³-hybridized carbons (Fsp3) is 0.250. The fourth-order valence-electron chi connectivity index (χ4n) is 2.21. The quantitative estimate of drug-likeness (QED) is 0.860.